The number of nitrogens with zero attached hydrogens (tertiary/aromatic N) is 4. The summed E-state index contributed by atoms with van der Waals surface area (Å²) in [6, 6.07) is 11.3. The van der Waals surface area contributed by atoms with Crippen LogP contribution >= 0.6 is 11.3 Å². The summed E-state index contributed by atoms with van der Waals surface area (Å²) in [4.78, 5) is 34.5. The molecule has 1 amide bonds. The normalized spacial score (nSPS) is 11.4. The zero-order valence-electron chi connectivity index (χ0n) is 17.3. The fraction of sp³-hybridized carbons (Fsp3) is 0.136. The Balaban J connectivity index is 1.70. The molecule has 3 aromatic heterocycles. The first kappa shape index (κ1) is 22.3. The number of pyridine rings is 1. The van der Waals surface area contributed by atoms with Crippen LogP contribution in [0.3, 0.4) is 0 Å². The number of halogens is 3. The number of amides is 1. The summed E-state index contributed by atoms with van der Waals surface area (Å²) in [5, 5.41) is 6.68. The summed E-state index contributed by atoms with van der Waals surface area (Å²) in [6.07, 6.45) is -3.01. The first-order chi connectivity index (χ1) is 15.6. The van der Waals surface area contributed by atoms with Gasteiger partial charge in [0.2, 0.25) is 5.43 Å². The predicted octanol–water partition coefficient (Wildman–Crippen LogP) is 4.64. The molecular formula is C22H16F3N5O2S. The van der Waals surface area contributed by atoms with E-state index in [0.717, 1.165) is 33.0 Å². The van der Waals surface area contributed by atoms with Crippen LogP contribution < -0.4 is 10.7 Å². The third kappa shape index (κ3) is 4.53. The predicted molar refractivity (Wildman–Crippen MR) is 118 cm³/mol. The van der Waals surface area contributed by atoms with Crippen molar-refractivity contribution >= 4 is 22.4 Å². The van der Waals surface area contributed by atoms with Crippen molar-refractivity contribution in [1.29, 1.82) is 0 Å². The molecule has 4 aromatic rings. The minimum atomic E-state index is -4.64. The van der Waals surface area contributed by atoms with Gasteiger partial charge in [0, 0.05) is 18.0 Å². The summed E-state index contributed by atoms with van der Waals surface area (Å²) in [7, 11) is 0. The van der Waals surface area contributed by atoms with E-state index in [1.807, 2.05) is 6.07 Å². The average Bonchev–Trinajstić information content (AvgIpc) is 3.13. The largest absolute Gasteiger partial charge is 0.418 e. The molecule has 11 heteroatoms. The number of hydrogen-bond donors (Lipinski definition) is 1. The summed E-state index contributed by atoms with van der Waals surface area (Å²) in [6.45, 7) is 3.19. The Labute approximate surface area is 189 Å². The molecule has 0 atom stereocenters. The van der Waals surface area contributed by atoms with Crippen molar-refractivity contribution in [3.8, 4) is 16.3 Å². The smallest absolute Gasteiger partial charge is 0.296 e. The number of carbonyl (C=O) groups excluding carboxylic acids is 1. The molecular weight excluding hydrogens is 455 g/mol. The highest BCUT2D eigenvalue weighted by molar-refractivity contribution is 7.19. The molecule has 0 spiro atoms. The number of nitrogens with one attached hydrogen (secondary N) is 1. The SMILES string of the molecule is Cc1nc(NC(=O)c2nn(-c3ccccc3C(F)(F)F)c(C)cc2=O)sc1-c1ccccn1. The molecule has 0 fully saturated rings. The molecule has 0 radical (unpaired) electrons. The topological polar surface area (TPSA) is 89.8 Å². The first-order valence-electron chi connectivity index (χ1n) is 9.63. The van der Waals surface area contributed by atoms with E-state index in [-0.39, 0.29) is 16.5 Å². The Morgan fingerprint density at radius 3 is 2.52 bits per heavy atom. The number of thiazole rings is 1. The molecule has 168 valence electrons. The summed E-state index contributed by atoms with van der Waals surface area (Å²) < 4.78 is 41.4. The molecule has 0 saturated carbocycles. The number of rotatable bonds is 4. The van der Waals surface area contributed by atoms with Crippen LogP contribution in [0.5, 0.6) is 0 Å². The van der Waals surface area contributed by atoms with Crippen LogP contribution in [0.25, 0.3) is 16.3 Å². The van der Waals surface area contributed by atoms with Crippen molar-refractivity contribution in [3.05, 3.63) is 87.6 Å². The van der Waals surface area contributed by atoms with Crippen LogP contribution in [0.1, 0.15) is 27.4 Å². The molecule has 7 nitrogen and oxygen atoms in total. The standard InChI is InChI=1S/C22H16F3N5O2S/c1-12-11-17(31)18(29-30(12)16-9-4-3-7-14(16)22(23,24)25)20(32)28-21-27-13(2)19(33-21)15-8-5-6-10-26-15/h3-11H,1-2H3,(H,27,28,32). The van der Waals surface area contributed by atoms with Crippen LogP contribution in [0, 0.1) is 13.8 Å². The number of carbonyl (C=O) groups is 1. The van der Waals surface area contributed by atoms with Gasteiger partial charge in [-0.3, -0.25) is 19.9 Å². The average molecular weight is 471 g/mol. The molecule has 4 rings (SSSR count). The van der Waals surface area contributed by atoms with E-state index in [0.29, 0.717) is 11.4 Å². The highest BCUT2D eigenvalue weighted by Gasteiger charge is 2.34. The van der Waals surface area contributed by atoms with Crippen molar-refractivity contribution in [2.45, 2.75) is 20.0 Å². The monoisotopic (exact) mass is 471 g/mol. The Kier molecular flexibility index (Phi) is 5.81. The van der Waals surface area contributed by atoms with Crippen LogP contribution in [0.15, 0.2) is 59.5 Å². The molecule has 1 N–H and O–H groups in total. The zero-order chi connectivity index (χ0) is 23.8. The molecule has 0 aliphatic heterocycles. The fourth-order valence-electron chi connectivity index (χ4n) is 3.19. The minimum Gasteiger partial charge on any atom is -0.296 e. The minimum absolute atomic E-state index is 0.149. The van der Waals surface area contributed by atoms with Crippen molar-refractivity contribution < 1.29 is 18.0 Å². The van der Waals surface area contributed by atoms with Crippen molar-refractivity contribution in [2.24, 2.45) is 0 Å². The van der Waals surface area contributed by atoms with Gasteiger partial charge in [-0.1, -0.05) is 29.5 Å². The Bertz CT molecular complexity index is 1400. The third-order valence-electron chi connectivity index (χ3n) is 4.67. The van der Waals surface area contributed by atoms with Gasteiger partial charge in [0.05, 0.1) is 27.5 Å². The van der Waals surface area contributed by atoms with Crippen molar-refractivity contribution in [2.75, 3.05) is 5.32 Å². The first-order valence-corrected chi connectivity index (χ1v) is 10.4. The second-order valence-electron chi connectivity index (χ2n) is 7.03. The number of aromatic nitrogens is 4. The van der Waals surface area contributed by atoms with Gasteiger partial charge in [-0.25, -0.2) is 9.67 Å². The van der Waals surface area contributed by atoms with Gasteiger partial charge in [-0.05, 0) is 38.1 Å². The highest BCUT2D eigenvalue weighted by Crippen LogP contribution is 2.34. The molecule has 3 heterocycles. The fourth-order valence-corrected chi connectivity index (χ4v) is 4.13. The number of hydrogen-bond acceptors (Lipinski definition) is 6. The molecule has 0 aliphatic carbocycles. The second-order valence-corrected chi connectivity index (χ2v) is 8.03. The van der Waals surface area contributed by atoms with Gasteiger partial charge in [0.1, 0.15) is 0 Å². The van der Waals surface area contributed by atoms with E-state index in [1.54, 1.807) is 25.3 Å². The van der Waals surface area contributed by atoms with E-state index < -0.39 is 28.8 Å². The Morgan fingerprint density at radius 2 is 1.82 bits per heavy atom. The number of alkyl halides is 3. The second kappa shape index (κ2) is 8.58. The maximum atomic E-state index is 13.5. The molecule has 0 saturated heterocycles. The number of anilines is 1. The maximum Gasteiger partial charge on any atom is 0.418 e. The van der Waals surface area contributed by atoms with Crippen LogP contribution in [-0.2, 0) is 6.18 Å². The van der Waals surface area contributed by atoms with Gasteiger partial charge in [-0.15, -0.1) is 0 Å². The van der Waals surface area contributed by atoms with Gasteiger partial charge < -0.3 is 0 Å². The summed E-state index contributed by atoms with van der Waals surface area (Å²) >= 11 is 1.16. The lowest BCUT2D eigenvalue weighted by molar-refractivity contribution is -0.137. The lowest BCUT2D eigenvalue weighted by Gasteiger charge is -2.16. The van der Waals surface area contributed by atoms with E-state index in [2.05, 4.69) is 20.4 Å². The molecule has 0 aliphatic rings. The number of aryl methyl sites for hydroxylation is 2. The lowest BCUT2D eigenvalue weighted by Crippen LogP contribution is -2.27. The number of para-hydroxylation sites is 1. The van der Waals surface area contributed by atoms with E-state index in [9.17, 15) is 22.8 Å². The number of benzene rings is 1. The maximum absolute atomic E-state index is 13.5. The van der Waals surface area contributed by atoms with Crippen molar-refractivity contribution in [3.63, 3.8) is 0 Å². The van der Waals surface area contributed by atoms with Gasteiger partial charge in [0.15, 0.2) is 10.8 Å². The van der Waals surface area contributed by atoms with Crippen LogP contribution in [-0.4, -0.2) is 25.7 Å². The van der Waals surface area contributed by atoms with Crippen LogP contribution in [0.4, 0.5) is 18.3 Å². The Hall–Kier alpha value is -3.86. The molecule has 1 aromatic carbocycles. The molecule has 33 heavy (non-hydrogen) atoms. The molecule has 0 bridgehead atoms. The van der Waals surface area contributed by atoms with Gasteiger partial charge in [0.25, 0.3) is 5.91 Å². The third-order valence-corrected chi connectivity index (χ3v) is 5.77. The van der Waals surface area contributed by atoms with Gasteiger partial charge in [-0.2, -0.15) is 18.3 Å². The van der Waals surface area contributed by atoms with Crippen LogP contribution in [0.2, 0.25) is 0 Å². The van der Waals surface area contributed by atoms with E-state index >= 15 is 0 Å². The van der Waals surface area contributed by atoms with E-state index in [1.165, 1.54) is 25.1 Å². The Morgan fingerprint density at radius 1 is 1.09 bits per heavy atom. The summed E-state index contributed by atoms with van der Waals surface area (Å²) in [5.74, 6) is -0.875. The quantitative estimate of drug-likeness (QED) is 0.468. The lowest BCUT2D eigenvalue weighted by atomic mass is 10.1. The van der Waals surface area contributed by atoms with Crippen molar-refractivity contribution in [1.82, 2.24) is 19.7 Å². The highest BCUT2D eigenvalue weighted by atomic mass is 32.1. The van der Waals surface area contributed by atoms with Gasteiger partial charge >= 0.3 is 6.18 Å². The van der Waals surface area contributed by atoms with E-state index in [4.69, 9.17) is 0 Å². The molecule has 0 unspecified atom stereocenters. The zero-order valence-corrected chi connectivity index (χ0v) is 18.2. The summed E-state index contributed by atoms with van der Waals surface area (Å²) in [5.41, 5.74) is -1.05.